The first-order chi connectivity index (χ1) is 9.15. The van der Waals surface area contributed by atoms with E-state index in [0.29, 0.717) is 12.5 Å². The van der Waals surface area contributed by atoms with Crippen molar-refractivity contribution in [1.82, 2.24) is 4.90 Å². The molecule has 1 fully saturated rings. The zero-order chi connectivity index (χ0) is 13.8. The fraction of sp³-hybridized carbons (Fsp3) is 0.571. The molecule has 0 aliphatic carbocycles. The summed E-state index contributed by atoms with van der Waals surface area (Å²) in [5.41, 5.74) is 6.84. The van der Waals surface area contributed by atoms with Gasteiger partial charge in [-0.2, -0.15) is 0 Å². The monoisotopic (exact) mass is 330 g/mol. The second kappa shape index (κ2) is 6.79. The number of likely N-dealkylation sites (tertiary alicyclic amines) is 1. The third-order valence-electron chi connectivity index (χ3n) is 3.70. The van der Waals surface area contributed by atoms with Gasteiger partial charge in [0.2, 0.25) is 0 Å². The van der Waals surface area contributed by atoms with Crippen molar-refractivity contribution in [2.24, 2.45) is 11.7 Å². The Balaban J connectivity index is 2.14. The van der Waals surface area contributed by atoms with E-state index in [2.05, 4.69) is 20.8 Å². The summed E-state index contributed by atoms with van der Waals surface area (Å²) in [6.07, 6.45) is 1.11. The van der Waals surface area contributed by atoms with Gasteiger partial charge in [-0.15, -0.1) is 0 Å². The Bertz CT molecular complexity index is 430. The van der Waals surface area contributed by atoms with Gasteiger partial charge in [0.25, 0.3) is 0 Å². The van der Waals surface area contributed by atoms with Crippen LogP contribution in [0.2, 0.25) is 0 Å². The standard InChI is InChI=1S/C14H20BrFN2O/c1-19-9-10-4-5-18(8-10)14(7-17)12-6-11(16)2-3-13(12)15/h2-3,6,10,14H,4-5,7-9,17H2,1H3. The normalized spacial score (nSPS) is 21.8. The molecule has 3 nitrogen and oxygen atoms in total. The largest absolute Gasteiger partial charge is 0.384 e. The number of ether oxygens (including phenoxy) is 1. The lowest BCUT2D eigenvalue weighted by molar-refractivity contribution is 0.147. The number of nitrogens with two attached hydrogens (primary N) is 1. The number of hydrogen-bond acceptors (Lipinski definition) is 3. The van der Waals surface area contributed by atoms with E-state index in [1.807, 2.05) is 0 Å². The summed E-state index contributed by atoms with van der Waals surface area (Å²) in [4.78, 5) is 2.32. The summed E-state index contributed by atoms with van der Waals surface area (Å²) in [6, 6.07) is 4.84. The van der Waals surface area contributed by atoms with Gasteiger partial charge in [-0.3, -0.25) is 4.90 Å². The lowest BCUT2D eigenvalue weighted by Crippen LogP contribution is -2.32. The maximum Gasteiger partial charge on any atom is 0.123 e. The molecular formula is C14H20BrFN2O. The van der Waals surface area contributed by atoms with E-state index >= 15 is 0 Å². The van der Waals surface area contributed by atoms with Gasteiger partial charge in [0, 0.05) is 30.7 Å². The van der Waals surface area contributed by atoms with Crippen molar-refractivity contribution >= 4 is 15.9 Å². The van der Waals surface area contributed by atoms with E-state index in [4.69, 9.17) is 10.5 Å². The number of benzene rings is 1. The topological polar surface area (TPSA) is 38.5 Å². The lowest BCUT2D eigenvalue weighted by atomic mass is 10.1. The first-order valence-corrected chi connectivity index (χ1v) is 7.33. The molecule has 19 heavy (non-hydrogen) atoms. The molecule has 0 spiro atoms. The Morgan fingerprint density at radius 2 is 2.37 bits per heavy atom. The van der Waals surface area contributed by atoms with Gasteiger partial charge >= 0.3 is 0 Å². The molecule has 1 aliphatic heterocycles. The van der Waals surface area contributed by atoms with Gasteiger partial charge < -0.3 is 10.5 Å². The molecule has 0 saturated carbocycles. The van der Waals surface area contributed by atoms with Gasteiger partial charge in [-0.1, -0.05) is 15.9 Å². The zero-order valence-corrected chi connectivity index (χ0v) is 12.7. The van der Waals surface area contributed by atoms with Crippen molar-refractivity contribution in [3.8, 4) is 0 Å². The average molecular weight is 331 g/mol. The van der Waals surface area contributed by atoms with Crippen LogP contribution < -0.4 is 5.73 Å². The number of methoxy groups -OCH3 is 1. The van der Waals surface area contributed by atoms with E-state index < -0.39 is 0 Å². The Labute approximate surface area is 122 Å². The van der Waals surface area contributed by atoms with E-state index in [-0.39, 0.29) is 11.9 Å². The van der Waals surface area contributed by atoms with E-state index in [9.17, 15) is 4.39 Å². The predicted molar refractivity (Wildman–Crippen MR) is 77.5 cm³/mol. The van der Waals surface area contributed by atoms with Gasteiger partial charge in [0.15, 0.2) is 0 Å². The minimum atomic E-state index is -0.218. The fourth-order valence-corrected chi connectivity index (χ4v) is 3.27. The maximum atomic E-state index is 13.4. The second-order valence-corrected chi connectivity index (χ2v) is 5.88. The van der Waals surface area contributed by atoms with Crippen molar-refractivity contribution in [2.75, 3.05) is 33.4 Å². The van der Waals surface area contributed by atoms with E-state index in [1.54, 1.807) is 19.2 Å². The Morgan fingerprint density at radius 3 is 3.05 bits per heavy atom. The first kappa shape index (κ1) is 14.9. The molecule has 2 atom stereocenters. The van der Waals surface area contributed by atoms with Crippen LogP contribution in [0.4, 0.5) is 4.39 Å². The number of rotatable bonds is 5. The molecule has 0 radical (unpaired) electrons. The second-order valence-electron chi connectivity index (χ2n) is 5.02. The Hall–Kier alpha value is -0.490. The van der Waals surface area contributed by atoms with Gasteiger partial charge in [-0.25, -0.2) is 4.39 Å². The van der Waals surface area contributed by atoms with Crippen molar-refractivity contribution in [2.45, 2.75) is 12.5 Å². The minimum absolute atomic E-state index is 0.0620. The summed E-state index contributed by atoms with van der Waals surface area (Å²) in [5, 5.41) is 0. The number of hydrogen-bond donors (Lipinski definition) is 1. The third kappa shape index (κ3) is 3.54. The van der Waals surface area contributed by atoms with Crippen LogP contribution in [0.15, 0.2) is 22.7 Å². The van der Waals surface area contributed by atoms with Crippen molar-refractivity contribution < 1.29 is 9.13 Å². The first-order valence-electron chi connectivity index (χ1n) is 6.53. The molecule has 1 heterocycles. The molecule has 2 unspecified atom stereocenters. The Morgan fingerprint density at radius 1 is 1.58 bits per heavy atom. The number of halogens is 2. The minimum Gasteiger partial charge on any atom is -0.384 e. The van der Waals surface area contributed by atoms with Gasteiger partial charge in [-0.05, 0) is 42.6 Å². The van der Waals surface area contributed by atoms with Crippen molar-refractivity contribution in [3.63, 3.8) is 0 Å². The van der Waals surface area contributed by atoms with Crippen LogP contribution in [0.1, 0.15) is 18.0 Å². The van der Waals surface area contributed by atoms with Crippen LogP contribution in [0.25, 0.3) is 0 Å². The molecule has 0 bridgehead atoms. The summed E-state index contributed by atoms with van der Waals surface area (Å²) in [6.45, 7) is 3.21. The molecule has 5 heteroatoms. The average Bonchev–Trinajstić information content (AvgIpc) is 2.83. The molecule has 0 amide bonds. The van der Waals surface area contributed by atoms with Gasteiger partial charge in [0.05, 0.1) is 6.61 Å². The van der Waals surface area contributed by atoms with Crippen LogP contribution in [-0.4, -0.2) is 38.3 Å². The SMILES string of the molecule is COCC1CCN(C(CN)c2cc(F)ccc2Br)C1. The molecule has 1 saturated heterocycles. The molecule has 106 valence electrons. The molecule has 1 aromatic carbocycles. The van der Waals surface area contributed by atoms with E-state index in [1.165, 1.54) is 6.07 Å². The molecule has 2 rings (SSSR count). The van der Waals surface area contributed by atoms with Crippen molar-refractivity contribution in [3.05, 3.63) is 34.1 Å². The molecule has 2 N–H and O–H groups in total. The highest BCUT2D eigenvalue weighted by atomic mass is 79.9. The summed E-state index contributed by atoms with van der Waals surface area (Å²) in [5.74, 6) is 0.329. The lowest BCUT2D eigenvalue weighted by Gasteiger charge is -2.28. The highest BCUT2D eigenvalue weighted by molar-refractivity contribution is 9.10. The van der Waals surface area contributed by atoms with Crippen LogP contribution >= 0.6 is 15.9 Å². The summed E-state index contributed by atoms with van der Waals surface area (Å²) < 4.78 is 19.6. The highest BCUT2D eigenvalue weighted by Gasteiger charge is 2.29. The van der Waals surface area contributed by atoms with Crippen LogP contribution in [0, 0.1) is 11.7 Å². The summed E-state index contributed by atoms with van der Waals surface area (Å²) >= 11 is 3.49. The summed E-state index contributed by atoms with van der Waals surface area (Å²) in [7, 11) is 1.73. The third-order valence-corrected chi connectivity index (χ3v) is 4.42. The molecule has 0 aromatic heterocycles. The maximum absolute atomic E-state index is 13.4. The smallest absolute Gasteiger partial charge is 0.123 e. The zero-order valence-electron chi connectivity index (χ0n) is 11.1. The van der Waals surface area contributed by atoms with Crippen LogP contribution in [0.5, 0.6) is 0 Å². The predicted octanol–water partition coefficient (Wildman–Crippen LogP) is 2.56. The van der Waals surface area contributed by atoms with Gasteiger partial charge in [0.1, 0.15) is 5.82 Å². The van der Waals surface area contributed by atoms with Crippen LogP contribution in [0.3, 0.4) is 0 Å². The quantitative estimate of drug-likeness (QED) is 0.901. The Kier molecular flexibility index (Phi) is 5.33. The molecular weight excluding hydrogens is 311 g/mol. The number of nitrogens with zero attached hydrogens (tertiary/aromatic N) is 1. The van der Waals surface area contributed by atoms with E-state index in [0.717, 1.165) is 36.2 Å². The molecule has 1 aliphatic rings. The van der Waals surface area contributed by atoms with Crippen LogP contribution in [-0.2, 0) is 4.74 Å². The van der Waals surface area contributed by atoms with Crippen molar-refractivity contribution in [1.29, 1.82) is 0 Å². The fourth-order valence-electron chi connectivity index (χ4n) is 2.76. The molecule has 1 aromatic rings. The highest BCUT2D eigenvalue weighted by Crippen LogP contribution is 2.31.